The van der Waals surface area contributed by atoms with E-state index in [1.165, 1.54) is 0 Å². The topological polar surface area (TPSA) is 162 Å². The minimum atomic E-state index is -1.03. The minimum Gasteiger partial charge on any atom is -0.497 e. The van der Waals surface area contributed by atoms with E-state index in [1.807, 2.05) is 44.2 Å². The number of methoxy groups -OCH3 is 1. The number of aromatic amines is 1. The van der Waals surface area contributed by atoms with Crippen molar-refractivity contribution in [3.63, 3.8) is 0 Å². The number of carbonyl (C=O) groups is 5. The molecule has 274 valence electrons. The molecule has 12 nitrogen and oxygen atoms in total. The number of nitrogens with zero attached hydrogens (tertiary/aromatic N) is 1. The molecule has 12 heteroatoms. The molecule has 0 aliphatic carbocycles. The van der Waals surface area contributed by atoms with Gasteiger partial charge in [0.25, 0.3) is 11.8 Å². The van der Waals surface area contributed by atoms with Crippen LogP contribution in [0.2, 0.25) is 0 Å². The van der Waals surface area contributed by atoms with Crippen molar-refractivity contribution in [2.24, 2.45) is 5.92 Å². The van der Waals surface area contributed by atoms with Crippen LogP contribution in [0.15, 0.2) is 78.9 Å². The number of amides is 5. The largest absolute Gasteiger partial charge is 0.497 e. The number of para-hydroxylation sites is 1. The smallest absolute Gasteiger partial charge is 0.270 e. The molecule has 2 aliphatic rings. The Hall–Kier alpha value is -5.65. The van der Waals surface area contributed by atoms with Gasteiger partial charge in [-0.1, -0.05) is 62.7 Å². The number of H-pyrrole nitrogens is 1. The van der Waals surface area contributed by atoms with Gasteiger partial charge in [0.2, 0.25) is 17.7 Å². The lowest BCUT2D eigenvalue weighted by Gasteiger charge is -2.27. The third kappa shape index (κ3) is 9.56. The van der Waals surface area contributed by atoms with Crippen molar-refractivity contribution < 1.29 is 28.7 Å². The fourth-order valence-corrected chi connectivity index (χ4v) is 6.16. The van der Waals surface area contributed by atoms with E-state index in [2.05, 4.69) is 26.3 Å². The lowest BCUT2D eigenvalue weighted by molar-refractivity contribution is -0.132. The van der Waals surface area contributed by atoms with E-state index in [9.17, 15) is 24.0 Å². The highest BCUT2D eigenvalue weighted by Gasteiger charge is 2.31. The van der Waals surface area contributed by atoms with Crippen LogP contribution in [0.25, 0.3) is 10.9 Å². The molecule has 2 aliphatic heterocycles. The number of aromatic nitrogens is 1. The molecule has 0 saturated carbocycles. The summed E-state index contributed by atoms with van der Waals surface area (Å²) in [5.41, 5.74) is 3.29. The van der Waals surface area contributed by atoms with Crippen molar-refractivity contribution in [1.29, 1.82) is 0 Å². The van der Waals surface area contributed by atoms with Crippen LogP contribution in [-0.2, 0) is 27.3 Å². The zero-order chi connectivity index (χ0) is 37.2. The molecule has 0 spiro atoms. The average molecular weight is 709 g/mol. The van der Waals surface area contributed by atoms with Crippen LogP contribution in [-0.4, -0.2) is 77.7 Å². The number of nitrogens with one attached hydrogen (secondary N) is 5. The van der Waals surface area contributed by atoms with E-state index in [1.54, 1.807) is 67.5 Å². The number of hydrogen-bond donors (Lipinski definition) is 5. The summed E-state index contributed by atoms with van der Waals surface area (Å²) in [6, 6.07) is 20.8. The summed E-state index contributed by atoms with van der Waals surface area (Å²) in [7, 11) is 1.56. The van der Waals surface area contributed by atoms with Gasteiger partial charge < -0.3 is 35.9 Å². The summed E-state index contributed by atoms with van der Waals surface area (Å²) < 4.78 is 5.26. The van der Waals surface area contributed by atoms with Gasteiger partial charge in [-0.05, 0) is 73.2 Å². The zero-order valence-electron chi connectivity index (χ0n) is 30.2. The summed E-state index contributed by atoms with van der Waals surface area (Å²) in [4.78, 5) is 72.9. The lowest BCUT2D eigenvalue weighted by atomic mass is 9.96. The molecule has 0 fully saturated rings. The Labute approximate surface area is 304 Å². The molecule has 4 aromatic rings. The summed E-state index contributed by atoms with van der Waals surface area (Å²) in [5.74, 6) is -1.63. The minimum absolute atomic E-state index is 0.145. The maximum Gasteiger partial charge on any atom is 0.270 e. The predicted molar refractivity (Wildman–Crippen MR) is 199 cm³/mol. The van der Waals surface area contributed by atoms with Crippen molar-refractivity contribution in [3.05, 3.63) is 101 Å². The van der Waals surface area contributed by atoms with Gasteiger partial charge >= 0.3 is 0 Å². The summed E-state index contributed by atoms with van der Waals surface area (Å²) in [5, 5.41) is 12.3. The van der Waals surface area contributed by atoms with Gasteiger partial charge in [0.15, 0.2) is 0 Å². The maximum absolute atomic E-state index is 13.9. The summed E-state index contributed by atoms with van der Waals surface area (Å²) in [6.07, 6.45) is 1.94. The predicted octanol–water partition coefficient (Wildman–Crippen LogP) is 4.11. The Bertz CT molecular complexity index is 1840. The Morgan fingerprint density at radius 1 is 0.885 bits per heavy atom. The monoisotopic (exact) mass is 708 g/mol. The van der Waals surface area contributed by atoms with Gasteiger partial charge in [0.05, 0.1) is 7.11 Å². The van der Waals surface area contributed by atoms with Crippen LogP contribution >= 0.6 is 0 Å². The highest BCUT2D eigenvalue weighted by molar-refractivity contribution is 5.99. The second-order valence-corrected chi connectivity index (χ2v) is 13.4. The Balaban J connectivity index is 1.40. The van der Waals surface area contributed by atoms with Gasteiger partial charge in [-0.25, -0.2) is 0 Å². The van der Waals surface area contributed by atoms with E-state index in [4.69, 9.17) is 4.74 Å². The molecule has 6 rings (SSSR count). The second kappa shape index (κ2) is 17.5. The van der Waals surface area contributed by atoms with Crippen LogP contribution in [0, 0.1) is 5.92 Å². The lowest BCUT2D eigenvalue weighted by Crippen LogP contribution is -2.58. The molecule has 2 bridgehead atoms. The molecule has 5 N–H and O–H groups in total. The van der Waals surface area contributed by atoms with Gasteiger partial charge in [-0.15, -0.1) is 0 Å². The number of rotatable bonds is 6. The number of fused-ring (bicyclic) bond motifs is 19. The van der Waals surface area contributed by atoms with E-state index in [0.717, 1.165) is 22.0 Å². The average Bonchev–Trinajstić information content (AvgIpc) is 3.60. The van der Waals surface area contributed by atoms with Crippen LogP contribution in [0.5, 0.6) is 5.75 Å². The Morgan fingerprint density at radius 2 is 1.62 bits per heavy atom. The summed E-state index contributed by atoms with van der Waals surface area (Å²) in [6.45, 7) is 6.44. The number of ether oxygens (including phenoxy) is 1. The molecule has 5 amide bonds. The molecule has 0 saturated heterocycles. The van der Waals surface area contributed by atoms with Gasteiger partial charge in [0.1, 0.15) is 29.6 Å². The van der Waals surface area contributed by atoms with E-state index in [-0.39, 0.29) is 24.2 Å². The first kappa shape index (κ1) is 37.6. The Morgan fingerprint density at radius 3 is 2.31 bits per heavy atom. The van der Waals surface area contributed by atoms with E-state index in [0.29, 0.717) is 55.9 Å². The molecule has 3 heterocycles. The van der Waals surface area contributed by atoms with Crippen LogP contribution in [0.3, 0.4) is 0 Å². The van der Waals surface area contributed by atoms with Crippen molar-refractivity contribution >= 4 is 40.4 Å². The first-order chi connectivity index (χ1) is 25.1. The third-order valence-electron chi connectivity index (χ3n) is 9.56. The highest BCUT2D eigenvalue weighted by atomic mass is 16.5. The van der Waals surface area contributed by atoms with Crippen molar-refractivity contribution in [2.75, 3.05) is 20.2 Å². The fourth-order valence-electron chi connectivity index (χ4n) is 6.16. The SMILES string of the molecule is CC[C@H](C)C1NC(=O)c2ccc(cc2)CN(C(=O)c2cc3ccccc3[nH]2)CCCCNC(=O)[C@@H](C)NC(=O)[C@H](Cc2ccc(OC)cc2)NC1=O. The molecule has 0 radical (unpaired) electrons. The van der Waals surface area contributed by atoms with Crippen molar-refractivity contribution in [2.45, 2.75) is 71.1 Å². The highest BCUT2D eigenvalue weighted by Crippen LogP contribution is 2.19. The first-order valence-electron chi connectivity index (χ1n) is 17.8. The van der Waals surface area contributed by atoms with Crippen LogP contribution in [0.1, 0.15) is 72.0 Å². The third-order valence-corrected chi connectivity index (χ3v) is 9.56. The van der Waals surface area contributed by atoms with Crippen LogP contribution in [0.4, 0.5) is 0 Å². The molecule has 1 aromatic heterocycles. The molecule has 4 atom stereocenters. The molecule has 52 heavy (non-hydrogen) atoms. The van der Waals surface area contributed by atoms with E-state index >= 15 is 0 Å². The second-order valence-electron chi connectivity index (χ2n) is 13.4. The van der Waals surface area contributed by atoms with Crippen LogP contribution < -0.4 is 26.0 Å². The molecular weight excluding hydrogens is 660 g/mol. The number of benzene rings is 3. The van der Waals surface area contributed by atoms with Crippen molar-refractivity contribution in [1.82, 2.24) is 31.2 Å². The quantitative estimate of drug-likeness (QED) is 0.190. The fraction of sp³-hybridized carbons (Fsp3) is 0.375. The van der Waals surface area contributed by atoms with Gasteiger partial charge in [0, 0.05) is 42.5 Å². The number of hydrogen-bond acceptors (Lipinski definition) is 6. The van der Waals surface area contributed by atoms with Crippen molar-refractivity contribution in [3.8, 4) is 5.75 Å². The van der Waals surface area contributed by atoms with E-state index < -0.39 is 35.8 Å². The standard InChI is InChI=1S/C40H48N6O6/c1-5-25(2)35-39(50)44-33(22-27-14-18-31(52-4)19-15-27)38(49)42-26(3)36(47)41-20-8-9-21-46(24-28-12-16-29(17-13-28)37(48)45-35)40(51)34-23-30-10-6-7-11-32(30)43-34/h6-7,10-19,23,25-26,33,35,43H,5,8-9,20-22,24H2,1-4H3,(H,41,47)(H,42,49)(H,44,50)(H,45,48)/t25-,26+,33-,35?/m0/s1. The molecular formula is C40H48N6O6. The molecule has 3 aromatic carbocycles. The first-order valence-corrected chi connectivity index (χ1v) is 17.8. The van der Waals surface area contributed by atoms with Gasteiger partial charge in [-0.3, -0.25) is 24.0 Å². The maximum atomic E-state index is 13.9. The normalized spacial score (nSPS) is 20.2. The molecule has 1 unspecified atom stereocenters. The number of carbonyl (C=O) groups excluding carboxylic acids is 5. The van der Waals surface area contributed by atoms with Gasteiger partial charge in [-0.2, -0.15) is 0 Å². The Kier molecular flexibility index (Phi) is 12.7. The summed E-state index contributed by atoms with van der Waals surface area (Å²) >= 11 is 0. The zero-order valence-corrected chi connectivity index (χ0v) is 30.2.